The number of rotatable bonds is 4. The number of halogens is 3. The second-order valence-electron chi connectivity index (χ2n) is 6.75. The fourth-order valence-corrected chi connectivity index (χ4v) is 3.06. The molecule has 10 nitrogen and oxygen atoms in total. The van der Waals surface area contributed by atoms with E-state index in [1.807, 2.05) is 0 Å². The van der Waals surface area contributed by atoms with Gasteiger partial charge in [0.1, 0.15) is 28.2 Å². The molecular formula is C20H14F3N5O5. The van der Waals surface area contributed by atoms with Crippen LogP contribution in [0, 0.1) is 6.92 Å². The van der Waals surface area contributed by atoms with Crippen molar-refractivity contribution in [2.24, 2.45) is 0 Å². The highest BCUT2D eigenvalue weighted by Gasteiger charge is 2.41. The molecule has 3 N–H and O–H groups in total. The molecule has 0 radical (unpaired) electrons. The number of benzene rings is 2. The van der Waals surface area contributed by atoms with Crippen molar-refractivity contribution in [3.8, 4) is 17.2 Å². The summed E-state index contributed by atoms with van der Waals surface area (Å²) in [6, 6.07) is 6.97. The number of phenolic OH excluding ortho intramolecular Hbond substituents is 1. The van der Waals surface area contributed by atoms with Gasteiger partial charge in [0, 0.05) is 5.39 Å². The van der Waals surface area contributed by atoms with Gasteiger partial charge in [-0.05, 0) is 37.3 Å². The minimum Gasteiger partial charge on any atom is -0.506 e. The summed E-state index contributed by atoms with van der Waals surface area (Å²) in [5, 5.41) is 13.0. The van der Waals surface area contributed by atoms with Gasteiger partial charge in [-0.3, -0.25) is 15.1 Å². The summed E-state index contributed by atoms with van der Waals surface area (Å²) in [6.07, 6.45) is -5.28. The minimum atomic E-state index is -5.28. The fraction of sp³-hybridized carbons (Fsp3) is 0.150. The topological polar surface area (TPSA) is 139 Å². The number of hydrogen-bond acceptors (Lipinski definition) is 9. The molecule has 0 saturated carbocycles. The van der Waals surface area contributed by atoms with Gasteiger partial charge in [-0.1, -0.05) is 0 Å². The van der Waals surface area contributed by atoms with Crippen LogP contribution < -0.4 is 20.3 Å². The fourth-order valence-electron chi connectivity index (χ4n) is 3.06. The SMILES string of the molecule is COc1ccc2nc(Nc3nc4c(O)ccc(OC(=O)C(F)(F)F)c4c(=O)[nH]3)nc(C)c2c1. The van der Waals surface area contributed by atoms with Gasteiger partial charge in [0.2, 0.25) is 11.9 Å². The molecule has 0 amide bonds. The van der Waals surface area contributed by atoms with E-state index in [4.69, 9.17) is 4.74 Å². The monoisotopic (exact) mass is 461 g/mol. The van der Waals surface area contributed by atoms with E-state index in [2.05, 4.69) is 30.0 Å². The van der Waals surface area contributed by atoms with Gasteiger partial charge >= 0.3 is 12.1 Å². The van der Waals surface area contributed by atoms with Crippen LogP contribution in [0.1, 0.15) is 5.69 Å². The largest absolute Gasteiger partial charge is 0.506 e. The van der Waals surface area contributed by atoms with Crippen LogP contribution in [0.5, 0.6) is 17.2 Å². The molecule has 0 spiro atoms. The zero-order chi connectivity index (χ0) is 23.9. The van der Waals surface area contributed by atoms with Crippen molar-refractivity contribution >= 4 is 39.7 Å². The highest BCUT2D eigenvalue weighted by atomic mass is 19.4. The average molecular weight is 461 g/mol. The van der Waals surface area contributed by atoms with Gasteiger partial charge in [0.05, 0.1) is 18.3 Å². The number of aromatic amines is 1. The number of phenols is 1. The number of hydrogen-bond donors (Lipinski definition) is 3. The number of H-pyrrole nitrogens is 1. The molecule has 2 aromatic heterocycles. The molecule has 0 aliphatic heterocycles. The third kappa shape index (κ3) is 4.20. The Morgan fingerprint density at radius 2 is 1.91 bits per heavy atom. The molecule has 0 fully saturated rings. The van der Waals surface area contributed by atoms with Gasteiger partial charge in [0.15, 0.2) is 0 Å². The lowest BCUT2D eigenvalue weighted by Gasteiger charge is -2.11. The highest BCUT2D eigenvalue weighted by Crippen LogP contribution is 2.31. The molecule has 0 aliphatic carbocycles. The Morgan fingerprint density at radius 3 is 2.61 bits per heavy atom. The van der Waals surface area contributed by atoms with E-state index in [0.717, 1.165) is 17.5 Å². The average Bonchev–Trinajstić information content (AvgIpc) is 2.75. The number of ether oxygens (including phenoxy) is 2. The Hall–Kier alpha value is -4.42. The van der Waals surface area contributed by atoms with Crippen molar-refractivity contribution in [1.82, 2.24) is 19.9 Å². The molecule has 4 rings (SSSR count). The number of aryl methyl sites for hydroxylation is 1. The van der Waals surface area contributed by atoms with E-state index in [0.29, 0.717) is 17.0 Å². The molecule has 0 saturated heterocycles. The Kier molecular flexibility index (Phi) is 5.24. The Balaban J connectivity index is 1.75. The lowest BCUT2D eigenvalue weighted by atomic mass is 10.2. The van der Waals surface area contributed by atoms with Crippen molar-refractivity contribution in [3.05, 3.63) is 46.4 Å². The molecule has 0 unspecified atom stereocenters. The smallest absolute Gasteiger partial charge is 0.491 e. The van der Waals surface area contributed by atoms with Gasteiger partial charge in [-0.25, -0.2) is 19.7 Å². The Labute approximate surface area is 182 Å². The van der Waals surface area contributed by atoms with E-state index in [1.165, 1.54) is 7.11 Å². The van der Waals surface area contributed by atoms with Gasteiger partial charge in [0.25, 0.3) is 5.56 Å². The van der Waals surface area contributed by atoms with Crippen molar-refractivity contribution in [3.63, 3.8) is 0 Å². The van der Waals surface area contributed by atoms with Crippen molar-refractivity contribution in [2.45, 2.75) is 13.1 Å². The molecule has 33 heavy (non-hydrogen) atoms. The van der Waals surface area contributed by atoms with Crippen LogP contribution in [0.25, 0.3) is 21.8 Å². The predicted octanol–water partition coefficient (Wildman–Crippen LogP) is 3.10. The number of nitrogens with zero attached hydrogens (tertiary/aromatic N) is 3. The summed E-state index contributed by atoms with van der Waals surface area (Å²) >= 11 is 0. The Morgan fingerprint density at radius 1 is 1.15 bits per heavy atom. The molecule has 13 heteroatoms. The molecule has 2 heterocycles. The lowest BCUT2D eigenvalue weighted by molar-refractivity contribution is -0.189. The summed E-state index contributed by atoms with van der Waals surface area (Å²) in [7, 11) is 1.53. The van der Waals surface area contributed by atoms with E-state index in [9.17, 15) is 27.9 Å². The van der Waals surface area contributed by atoms with Crippen LogP contribution in [0.15, 0.2) is 35.1 Å². The van der Waals surface area contributed by atoms with Crippen molar-refractivity contribution in [2.75, 3.05) is 12.4 Å². The minimum absolute atomic E-state index is 0.0619. The zero-order valence-electron chi connectivity index (χ0n) is 16.9. The summed E-state index contributed by atoms with van der Waals surface area (Å²) in [4.78, 5) is 38.7. The number of aromatic hydroxyl groups is 1. The van der Waals surface area contributed by atoms with Crippen LogP contribution in [-0.4, -0.2) is 44.3 Å². The molecule has 0 atom stereocenters. The first-order valence-corrected chi connectivity index (χ1v) is 9.21. The van der Waals surface area contributed by atoms with E-state index in [-0.39, 0.29) is 11.9 Å². The number of aromatic nitrogens is 4. The van der Waals surface area contributed by atoms with E-state index < -0.39 is 40.1 Å². The number of carbonyl (C=O) groups excluding carboxylic acids is 1. The second kappa shape index (κ2) is 7.93. The first-order valence-electron chi connectivity index (χ1n) is 9.21. The molecular weight excluding hydrogens is 447 g/mol. The van der Waals surface area contributed by atoms with Gasteiger partial charge in [-0.15, -0.1) is 0 Å². The maximum atomic E-state index is 12.6. The summed E-state index contributed by atoms with van der Waals surface area (Å²) < 4.78 is 47.1. The number of carbonyl (C=O) groups is 1. The van der Waals surface area contributed by atoms with Crippen LogP contribution in [0.4, 0.5) is 25.1 Å². The van der Waals surface area contributed by atoms with Gasteiger partial charge in [-0.2, -0.15) is 13.2 Å². The highest BCUT2D eigenvalue weighted by molar-refractivity contribution is 5.92. The maximum Gasteiger partial charge on any atom is 0.491 e. The quantitative estimate of drug-likeness (QED) is 0.309. The number of esters is 1. The number of nitrogens with one attached hydrogen (secondary N) is 2. The van der Waals surface area contributed by atoms with Crippen molar-refractivity contribution < 1.29 is 32.5 Å². The molecule has 0 aliphatic rings. The molecule has 4 aromatic rings. The summed E-state index contributed by atoms with van der Waals surface area (Å²) in [6.45, 7) is 1.73. The van der Waals surface area contributed by atoms with Crippen LogP contribution in [0.2, 0.25) is 0 Å². The number of anilines is 2. The van der Waals surface area contributed by atoms with Crippen LogP contribution in [-0.2, 0) is 4.79 Å². The normalized spacial score (nSPS) is 11.5. The van der Waals surface area contributed by atoms with Crippen molar-refractivity contribution in [1.29, 1.82) is 0 Å². The number of methoxy groups -OCH3 is 1. The third-order valence-corrected chi connectivity index (χ3v) is 4.56. The first kappa shape index (κ1) is 21.8. The third-order valence-electron chi connectivity index (χ3n) is 4.56. The summed E-state index contributed by atoms with van der Waals surface area (Å²) in [5.74, 6) is -3.27. The molecule has 170 valence electrons. The van der Waals surface area contributed by atoms with Crippen LogP contribution in [0.3, 0.4) is 0 Å². The molecule has 0 bridgehead atoms. The zero-order valence-corrected chi connectivity index (χ0v) is 16.9. The molecule has 2 aromatic carbocycles. The van der Waals surface area contributed by atoms with E-state index >= 15 is 0 Å². The predicted molar refractivity (Wildman–Crippen MR) is 110 cm³/mol. The maximum absolute atomic E-state index is 12.6. The Bertz CT molecular complexity index is 1470. The first-order chi connectivity index (χ1) is 15.6. The number of fused-ring (bicyclic) bond motifs is 2. The number of alkyl halides is 3. The lowest BCUT2D eigenvalue weighted by Crippen LogP contribution is -2.28. The second-order valence-corrected chi connectivity index (χ2v) is 6.75. The summed E-state index contributed by atoms with van der Waals surface area (Å²) in [5.41, 5.74) is -0.201. The van der Waals surface area contributed by atoms with E-state index in [1.54, 1.807) is 25.1 Å². The standard InChI is InChI=1S/C20H14F3N5O5/c1-8-10-7-9(32-2)3-4-11(10)25-18(24-8)28-19-26-15-12(29)5-6-13(14(15)16(30)27-19)33-17(31)20(21,22)23/h3-7,29H,1-2H3,(H2,24,25,26,27,28,30). The van der Waals surface area contributed by atoms with Gasteiger partial charge < -0.3 is 14.6 Å². The van der Waals surface area contributed by atoms with Crippen LogP contribution >= 0.6 is 0 Å².